The van der Waals surface area contributed by atoms with Gasteiger partial charge in [-0.1, -0.05) is 229 Å². The molecule has 392 valence electrons. The Bertz CT molecular complexity index is 4150. The average Bonchev–Trinajstić information content (AvgIpc) is 3.17. The Morgan fingerprint density at radius 1 is 0.159 bits per heavy atom. The van der Waals surface area contributed by atoms with Crippen molar-refractivity contribution >= 4 is 122 Å². The summed E-state index contributed by atoms with van der Waals surface area (Å²) in [6.07, 6.45) is 0. The summed E-state index contributed by atoms with van der Waals surface area (Å²) in [5, 5.41) is 11.4. The molecule has 4 nitrogen and oxygen atoms in total. The lowest BCUT2D eigenvalue weighted by Crippen LogP contribution is -2.16. The van der Waals surface area contributed by atoms with Gasteiger partial charge >= 0.3 is 0 Å². The van der Waals surface area contributed by atoms with E-state index in [-0.39, 0.29) is 0 Å². The second-order valence-electron chi connectivity index (χ2n) is 21.6. The molecule has 0 atom stereocenters. The van der Waals surface area contributed by atoms with Crippen molar-refractivity contribution in [3.8, 4) is 0 Å². The van der Waals surface area contributed by atoms with Gasteiger partial charge in [-0.3, -0.25) is 0 Å². The molecule has 0 amide bonds. The van der Waals surface area contributed by atoms with Crippen LogP contribution in [0.3, 0.4) is 0 Å². The van der Waals surface area contributed by atoms with Gasteiger partial charge in [0.25, 0.3) is 0 Å². The number of rotatable bonds is 12. The zero-order valence-electron chi connectivity index (χ0n) is 46.5. The molecule has 0 N–H and O–H groups in total. The Kier molecular flexibility index (Phi) is 12.8. The van der Waals surface area contributed by atoms with Gasteiger partial charge in [0.2, 0.25) is 0 Å². The van der Waals surface area contributed by atoms with E-state index in [2.05, 4.69) is 338 Å². The van der Waals surface area contributed by atoms with Crippen molar-refractivity contribution in [3.63, 3.8) is 0 Å². The van der Waals surface area contributed by atoms with E-state index < -0.39 is 0 Å². The SMILES string of the molecule is Cc1ccc(N(c2ccc(C)cc2)c2c3ccccc3c(N(c3ccccc3)c3ccc(N(c4ccccc4)c4c5ccccc5c(N(c5ccc(C)cc5)c5ccc(C)cc5)c5ccccc45)c4ccccc34)c3ccccc23)cc1. The summed E-state index contributed by atoms with van der Waals surface area (Å²) in [5.41, 5.74) is 18.1. The molecule has 0 spiro atoms. The number of fused-ring (bicyclic) bond motifs is 5. The van der Waals surface area contributed by atoms with Crippen LogP contribution in [0.15, 0.2) is 291 Å². The third-order valence-electron chi connectivity index (χ3n) is 16.2. The van der Waals surface area contributed by atoms with Crippen molar-refractivity contribution in [1.82, 2.24) is 0 Å². The number of hydrogen-bond acceptors (Lipinski definition) is 4. The minimum Gasteiger partial charge on any atom is -0.309 e. The fourth-order valence-corrected chi connectivity index (χ4v) is 12.3. The molecule has 82 heavy (non-hydrogen) atoms. The number of para-hydroxylation sites is 2. The lowest BCUT2D eigenvalue weighted by atomic mass is 9.94. The van der Waals surface area contributed by atoms with Gasteiger partial charge in [0.1, 0.15) is 0 Å². The second-order valence-corrected chi connectivity index (χ2v) is 21.6. The Balaban J connectivity index is 1.03. The van der Waals surface area contributed by atoms with Crippen LogP contribution >= 0.6 is 0 Å². The zero-order valence-corrected chi connectivity index (χ0v) is 46.5. The predicted octanol–water partition coefficient (Wildman–Crippen LogP) is 22.6. The molecule has 0 unspecified atom stereocenters. The first-order chi connectivity index (χ1) is 40.4. The summed E-state index contributed by atoms with van der Waals surface area (Å²) in [7, 11) is 0. The Morgan fingerprint density at radius 3 is 0.573 bits per heavy atom. The average molecular weight is 1050 g/mol. The van der Waals surface area contributed by atoms with E-state index >= 15 is 0 Å². The predicted molar refractivity (Wildman–Crippen MR) is 352 cm³/mol. The lowest BCUT2D eigenvalue weighted by Gasteiger charge is -2.35. The van der Waals surface area contributed by atoms with Crippen LogP contribution in [-0.2, 0) is 0 Å². The normalized spacial score (nSPS) is 11.4. The Labute approximate surface area is 480 Å². The van der Waals surface area contributed by atoms with Gasteiger partial charge in [0.15, 0.2) is 0 Å². The highest BCUT2D eigenvalue weighted by Gasteiger charge is 2.30. The van der Waals surface area contributed by atoms with Crippen molar-refractivity contribution in [3.05, 3.63) is 313 Å². The van der Waals surface area contributed by atoms with Gasteiger partial charge in [0, 0.05) is 88.0 Å². The van der Waals surface area contributed by atoms with Crippen LogP contribution in [0.4, 0.5) is 68.2 Å². The fraction of sp³-hybridized carbons (Fsp3) is 0.0513. The molecule has 0 aliphatic rings. The molecule has 0 aliphatic heterocycles. The van der Waals surface area contributed by atoms with Crippen LogP contribution in [0.1, 0.15) is 22.3 Å². The molecule has 14 rings (SSSR count). The van der Waals surface area contributed by atoms with E-state index in [0.717, 1.165) is 122 Å². The third kappa shape index (κ3) is 8.73. The van der Waals surface area contributed by atoms with Crippen molar-refractivity contribution in [1.29, 1.82) is 0 Å². The first kappa shape index (κ1) is 49.8. The van der Waals surface area contributed by atoms with Crippen LogP contribution in [0.25, 0.3) is 53.9 Å². The molecule has 0 aliphatic carbocycles. The van der Waals surface area contributed by atoms with Crippen molar-refractivity contribution in [2.45, 2.75) is 27.7 Å². The summed E-state index contributed by atoms with van der Waals surface area (Å²) in [6.45, 7) is 8.62. The third-order valence-corrected chi connectivity index (χ3v) is 16.2. The minimum absolute atomic E-state index is 1.07. The van der Waals surface area contributed by atoms with E-state index in [9.17, 15) is 0 Å². The molecule has 4 heteroatoms. The minimum atomic E-state index is 1.07. The van der Waals surface area contributed by atoms with Gasteiger partial charge in [-0.2, -0.15) is 0 Å². The fourth-order valence-electron chi connectivity index (χ4n) is 12.3. The first-order valence-corrected chi connectivity index (χ1v) is 28.3. The number of aryl methyl sites for hydroxylation is 4. The molecular formula is C78H60N4. The van der Waals surface area contributed by atoms with Gasteiger partial charge in [0.05, 0.1) is 34.1 Å². The van der Waals surface area contributed by atoms with E-state index in [1.54, 1.807) is 0 Å². The lowest BCUT2D eigenvalue weighted by molar-refractivity contribution is 1.28. The maximum atomic E-state index is 2.51. The highest BCUT2D eigenvalue weighted by Crippen LogP contribution is 2.55. The van der Waals surface area contributed by atoms with Gasteiger partial charge < -0.3 is 19.6 Å². The van der Waals surface area contributed by atoms with Crippen LogP contribution in [-0.4, -0.2) is 0 Å². The molecule has 14 aromatic rings. The monoisotopic (exact) mass is 1050 g/mol. The molecule has 0 aromatic heterocycles. The highest BCUT2D eigenvalue weighted by molar-refractivity contribution is 6.26. The van der Waals surface area contributed by atoms with E-state index in [1.807, 2.05) is 0 Å². The summed E-state index contributed by atoms with van der Waals surface area (Å²) < 4.78 is 0. The summed E-state index contributed by atoms with van der Waals surface area (Å²) in [5.74, 6) is 0. The smallest absolute Gasteiger partial charge is 0.0620 e. The summed E-state index contributed by atoms with van der Waals surface area (Å²) in [6, 6.07) is 107. The largest absolute Gasteiger partial charge is 0.309 e. The number of benzene rings is 14. The van der Waals surface area contributed by atoms with Crippen molar-refractivity contribution in [2.75, 3.05) is 19.6 Å². The molecule has 0 saturated heterocycles. The Morgan fingerprint density at radius 2 is 0.341 bits per heavy atom. The number of anilines is 12. The van der Waals surface area contributed by atoms with Gasteiger partial charge in [-0.15, -0.1) is 0 Å². The maximum absolute atomic E-state index is 2.51. The van der Waals surface area contributed by atoms with E-state index in [0.29, 0.717) is 0 Å². The highest BCUT2D eigenvalue weighted by atomic mass is 15.2. The molecule has 0 fully saturated rings. The quantitative estimate of drug-likeness (QED) is 0.0893. The van der Waals surface area contributed by atoms with Crippen LogP contribution in [0.5, 0.6) is 0 Å². The van der Waals surface area contributed by atoms with Crippen molar-refractivity contribution in [2.24, 2.45) is 0 Å². The van der Waals surface area contributed by atoms with Gasteiger partial charge in [-0.05, 0) is 113 Å². The molecule has 0 saturated carbocycles. The van der Waals surface area contributed by atoms with Crippen LogP contribution < -0.4 is 19.6 Å². The molecule has 14 aromatic carbocycles. The molecule has 0 radical (unpaired) electrons. The van der Waals surface area contributed by atoms with Gasteiger partial charge in [-0.25, -0.2) is 0 Å². The Hall–Kier alpha value is -10.4. The standard InChI is InChI=1S/C78H60N4/c1-53-35-43-59(44-36-53)79(60-45-37-54(2)38-46-60)75-65-27-13-17-31-69(65)77(70-32-18-14-28-66(70)75)81(57-21-7-5-8-22-57)73-51-52-74(64-26-12-11-25-63(64)73)82(58-23-9-6-10-24-58)78-71-33-19-15-29-67(71)76(68-30-16-20-34-72(68)78)80(61-47-39-55(3)40-48-61)62-49-41-56(4)42-50-62/h5-52H,1-4H3. The molecular weight excluding hydrogens is 993 g/mol. The summed E-state index contributed by atoms with van der Waals surface area (Å²) >= 11 is 0. The van der Waals surface area contributed by atoms with Crippen LogP contribution in [0, 0.1) is 27.7 Å². The van der Waals surface area contributed by atoms with E-state index in [1.165, 1.54) is 22.3 Å². The zero-order chi connectivity index (χ0) is 55.3. The summed E-state index contributed by atoms with van der Waals surface area (Å²) in [4.78, 5) is 9.93. The van der Waals surface area contributed by atoms with Crippen molar-refractivity contribution < 1.29 is 0 Å². The topological polar surface area (TPSA) is 13.0 Å². The maximum Gasteiger partial charge on any atom is 0.0620 e. The van der Waals surface area contributed by atoms with E-state index in [4.69, 9.17) is 0 Å². The molecule has 0 bridgehead atoms. The van der Waals surface area contributed by atoms with Crippen LogP contribution in [0.2, 0.25) is 0 Å². The molecule has 0 heterocycles. The number of nitrogens with zero attached hydrogens (tertiary/aromatic N) is 4. The second kappa shape index (κ2) is 21.0. The first-order valence-electron chi connectivity index (χ1n) is 28.3. The number of hydrogen-bond donors (Lipinski definition) is 0.